The van der Waals surface area contributed by atoms with Crippen molar-refractivity contribution in [3.05, 3.63) is 23.8 Å². The largest absolute Gasteiger partial charge is 0.493 e. The number of methoxy groups -OCH3 is 1. The number of carbonyl (C=O) groups excluding carboxylic acids is 1. The molecule has 4 heteroatoms. The molecule has 1 rings (SSSR count). The zero-order chi connectivity index (χ0) is 11.8. The molecule has 0 bridgehead atoms. The highest BCUT2D eigenvalue weighted by molar-refractivity contribution is 5.49. The number of hydrogen-bond donors (Lipinski definition) is 1. The fourth-order valence-corrected chi connectivity index (χ4v) is 1.28. The zero-order valence-corrected chi connectivity index (χ0v) is 9.31. The van der Waals surface area contributed by atoms with Gasteiger partial charge in [-0.2, -0.15) is 0 Å². The first-order chi connectivity index (χ1) is 7.81. The van der Waals surface area contributed by atoms with Gasteiger partial charge < -0.3 is 19.4 Å². The molecule has 0 unspecified atom stereocenters. The number of unbranched alkanes of at least 4 members (excludes halogenated alkanes) is 1. The van der Waals surface area contributed by atoms with E-state index in [-0.39, 0.29) is 6.61 Å². The lowest BCUT2D eigenvalue weighted by molar-refractivity contribution is -0.108. The number of ether oxygens (including phenoxy) is 2. The first-order valence-electron chi connectivity index (χ1n) is 5.16. The first kappa shape index (κ1) is 12.5. The predicted octanol–water partition coefficient (Wildman–Crippen LogP) is 1.55. The Morgan fingerprint density at radius 2 is 2.19 bits per heavy atom. The van der Waals surface area contributed by atoms with Crippen LogP contribution in [0.1, 0.15) is 18.4 Å². The van der Waals surface area contributed by atoms with Crippen molar-refractivity contribution in [1.82, 2.24) is 0 Å². The summed E-state index contributed by atoms with van der Waals surface area (Å²) in [5.41, 5.74) is 0.775. The molecule has 1 aromatic rings. The Kier molecular flexibility index (Phi) is 5.36. The molecule has 0 aliphatic rings. The van der Waals surface area contributed by atoms with Crippen molar-refractivity contribution in [2.45, 2.75) is 19.4 Å². The van der Waals surface area contributed by atoms with Gasteiger partial charge in [0.05, 0.1) is 20.3 Å². The second kappa shape index (κ2) is 6.85. The molecular formula is C12H16O4. The van der Waals surface area contributed by atoms with Crippen LogP contribution in [-0.4, -0.2) is 25.1 Å². The number of benzene rings is 1. The van der Waals surface area contributed by atoms with Crippen LogP contribution in [0.4, 0.5) is 0 Å². The fourth-order valence-electron chi connectivity index (χ4n) is 1.28. The summed E-state index contributed by atoms with van der Waals surface area (Å²) in [6.07, 6.45) is 2.06. The van der Waals surface area contributed by atoms with Crippen molar-refractivity contribution in [2.24, 2.45) is 0 Å². The molecule has 1 aromatic carbocycles. The van der Waals surface area contributed by atoms with E-state index in [1.807, 2.05) is 0 Å². The van der Waals surface area contributed by atoms with E-state index in [0.717, 1.165) is 11.8 Å². The number of aldehydes is 1. The standard InChI is InChI=1S/C12H16O4/c1-15-12-8-10(9-14)4-5-11(12)16-7-3-2-6-13/h4-6,8,14H,2-3,7,9H2,1H3. The van der Waals surface area contributed by atoms with Crippen LogP contribution in [0.25, 0.3) is 0 Å². The summed E-state index contributed by atoms with van der Waals surface area (Å²) in [4.78, 5) is 10.1. The maximum Gasteiger partial charge on any atom is 0.161 e. The first-order valence-corrected chi connectivity index (χ1v) is 5.16. The Hall–Kier alpha value is -1.55. The van der Waals surface area contributed by atoms with Crippen LogP contribution in [0, 0.1) is 0 Å². The monoisotopic (exact) mass is 224 g/mol. The van der Waals surface area contributed by atoms with Crippen LogP contribution < -0.4 is 9.47 Å². The van der Waals surface area contributed by atoms with Gasteiger partial charge in [-0.3, -0.25) is 0 Å². The molecule has 0 saturated carbocycles. The molecule has 0 spiro atoms. The summed E-state index contributed by atoms with van der Waals surface area (Å²) in [6, 6.07) is 5.26. The highest BCUT2D eigenvalue weighted by Crippen LogP contribution is 2.28. The Morgan fingerprint density at radius 3 is 2.81 bits per heavy atom. The molecule has 0 atom stereocenters. The van der Waals surface area contributed by atoms with Crippen molar-refractivity contribution < 1.29 is 19.4 Å². The molecule has 0 fully saturated rings. The highest BCUT2D eigenvalue weighted by Gasteiger charge is 2.04. The topological polar surface area (TPSA) is 55.8 Å². The maximum atomic E-state index is 10.1. The molecule has 0 aliphatic heterocycles. The lowest BCUT2D eigenvalue weighted by Gasteiger charge is -2.11. The van der Waals surface area contributed by atoms with Crippen molar-refractivity contribution in [1.29, 1.82) is 0 Å². The van der Waals surface area contributed by atoms with Gasteiger partial charge in [0.15, 0.2) is 11.5 Å². The van der Waals surface area contributed by atoms with Crippen LogP contribution in [-0.2, 0) is 11.4 Å². The van der Waals surface area contributed by atoms with Gasteiger partial charge in [-0.15, -0.1) is 0 Å². The highest BCUT2D eigenvalue weighted by atomic mass is 16.5. The van der Waals surface area contributed by atoms with Gasteiger partial charge in [-0.25, -0.2) is 0 Å². The van der Waals surface area contributed by atoms with Crippen molar-refractivity contribution in [3.63, 3.8) is 0 Å². The summed E-state index contributed by atoms with van der Waals surface area (Å²) in [7, 11) is 1.55. The van der Waals surface area contributed by atoms with Crippen LogP contribution in [0.5, 0.6) is 11.5 Å². The van der Waals surface area contributed by atoms with Gasteiger partial charge >= 0.3 is 0 Å². The number of aliphatic hydroxyl groups is 1. The van der Waals surface area contributed by atoms with Crippen LogP contribution in [0.2, 0.25) is 0 Å². The van der Waals surface area contributed by atoms with Crippen LogP contribution in [0.15, 0.2) is 18.2 Å². The van der Waals surface area contributed by atoms with Gasteiger partial charge in [-0.05, 0) is 24.1 Å². The van der Waals surface area contributed by atoms with E-state index in [2.05, 4.69) is 0 Å². The minimum Gasteiger partial charge on any atom is -0.493 e. The Morgan fingerprint density at radius 1 is 1.38 bits per heavy atom. The third kappa shape index (κ3) is 3.55. The minimum absolute atomic E-state index is 0.0260. The summed E-state index contributed by atoms with van der Waals surface area (Å²) in [6.45, 7) is 0.454. The van der Waals surface area contributed by atoms with E-state index in [1.165, 1.54) is 0 Å². The van der Waals surface area contributed by atoms with Gasteiger partial charge in [-0.1, -0.05) is 6.07 Å². The quantitative estimate of drug-likeness (QED) is 0.564. The molecule has 0 amide bonds. The lowest BCUT2D eigenvalue weighted by Crippen LogP contribution is -2.00. The fraction of sp³-hybridized carbons (Fsp3) is 0.417. The number of carbonyl (C=O) groups is 1. The van der Waals surface area contributed by atoms with E-state index >= 15 is 0 Å². The van der Waals surface area contributed by atoms with Crippen LogP contribution in [0.3, 0.4) is 0 Å². The van der Waals surface area contributed by atoms with E-state index in [1.54, 1.807) is 25.3 Å². The lowest BCUT2D eigenvalue weighted by atomic mass is 10.2. The van der Waals surface area contributed by atoms with Gasteiger partial charge in [0.2, 0.25) is 0 Å². The van der Waals surface area contributed by atoms with E-state index in [4.69, 9.17) is 14.6 Å². The Balaban J connectivity index is 2.60. The van der Waals surface area contributed by atoms with E-state index in [9.17, 15) is 4.79 Å². The number of rotatable bonds is 7. The molecule has 0 heterocycles. The second-order valence-corrected chi connectivity index (χ2v) is 3.30. The predicted molar refractivity (Wildman–Crippen MR) is 59.7 cm³/mol. The molecule has 1 N–H and O–H groups in total. The average Bonchev–Trinajstić information content (AvgIpc) is 2.34. The number of hydrogen-bond acceptors (Lipinski definition) is 4. The molecule has 16 heavy (non-hydrogen) atoms. The van der Waals surface area contributed by atoms with Crippen LogP contribution >= 0.6 is 0 Å². The molecule has 0 aromatic heterocycles. The molecule has 4 nitrogen and oxygen atoms in total. The van der Waals surface area contributed by atoms with E-state index < -0.39 is 0 Å². The summed E-state index contributed by atoms with van der Waals surface area (Å²) in [5, 5.41) is 8.96. The normalized spacial score (nSPS) is 9.88. The average molecular weight is 224 g/mol. The smallest absolute Gasteiger partial charge is 0.161 e. The summed E-state index contributed by atoms with van der Waals surface area (Å²) < 4.78 is 10.6. The third-order valence-electron chi connectivity index (χ3n) is 2.13. The molecule has 0 aliphatic carbocycles. The third-order valence-corrected chi connectivity index (χ3v) is 2.13. The molecule has 88 valence electrons. The molecular weight excluding hydrogens is 208 g/mol. The Labute approximate surface area is 94.8 Å². The van der Waals surface area contributed by atoms with Crippen molar-refractivity contribution in [2.75, 3.05) is 13.7 Å². The number of aliphatic hydroxyl groups excluding tert-OH is 1. The maximum absolute atomic E-state index is 10.1. The van der Waals surface area contributed by atoms with Gasteiger partial charge in [0.25, 0.3) is 0 Å². The summed E-state index contributed by atoms with van der Waals surface area (Å²) in [5.74, 6) is 1.23. The molecule has 0 radical (unpaired) electrons. The zero-order valence-electron chi connectivity index (χ0n) is 9.31. The SMILES string of the molecule is COc1cc(CO)ccc1OCCCC=O. The van der Waals surface area contributed by atoms with Crippen molar-refractivity contribution in [3.8, 4) is 11.5 Å². The van der Waals surface area contributed by atoms with Gasteiger partial charge in [0, 0.05) is 6.42 Å². The van der Waals surface area contributed by atoms with E-state index in [0.29, 0.717) is 30.9 Å². The molecule has 0 saturated heterocycles. The Bertz CT molecular complexity index is 336. The van der Waals surface area contributed by atoms with Gasteiger partial charge in [0.1, 0.15) is 6.29 Å². The second-order valence-electron chi connectivity index (χ2n) is 3.30. The van der Waals surface area contributed by atoms with Crippen molar-refractivity contribution >= 4 is 6.29 Å². The minimum atomic E-state index is -0.0260. The summed E-state index contributed by atoms with van der Waals surface area (Å²) >= 11 is 0.